The van der Waals surface area contributed by atoms with Gasteiger partial charge in [-0.3, -0.25) is 0 Å². The van der Waals surface area contributed by atoms with E-state index in [4.69, 9.17) is 0 Å². The molecule has 134 valence electrons. The molecule has 1 saturated heterocycles. The Bertz CT molecular complexity index is 1040. The Hall–Kier alpha value is -3.41. The minimum absolute atomic E-state index is 0.844. The third-order valence-corrected chi connectivity index (χ3v) is 5.05. The van der Waals surface area contributed by atoms with Gasteiger partial charge in [0.15, 0.2) is 5.65 Å². The summed E-state index contributed by atoms with van der Waals surface area (Å²) >= 11 is 0. The van der Waals surface area contributed by atoms with E-state index < -0.39 is 0 Å². The molecule has 5 rings (SSSR count). The summed E-state index contributed by atoms with van der Waals surface area (Å²) in [5, 5.41) is 5.56. The third-order valence-electron chi connectivity index (χ3n) is 5.05. The second-order valence-electron chi connectivity index (χ2n) is 6.64. The molecular formula is C21H20N6. The Kier molecular flexibility index (Phi) is 3.93. The van der Waals surface area contributed by atoms with Gasteiger partial charge in [0.05, 0.1) is 17.3 Å². The number of anilines is 2. The molecule has 0 atom stereocenters. The van der Waals surface area contributed by atoms with Crippen molar-refractivity contribution in [2.24, 2.45) is 0 Å². The number of hydrogen-bond donors (Lipinski definition) is 0. The van der Waals surface area contributed by atoms with Crippen molar-refractivity contribution in [1.82, 2.24) is 19.7 Å². The highest BCUT2D eigenvalue weighted by Gasteiger charge is 2.21. The van der Waals surface area contributed by atoms with Crippen molar-refractivity contribution >= 4 is 22.5 Å². The zero-order valence-corrected chi connectivity index (χ0v) is 14.9. The molecule has 27 heavy (non-hydrogen) atoms. The van der Waals surface area contributed by atoms with E-state index in [1.165, 1.54) is 5.69 Å². The van der Waals surface area contributed by atoms with Gasteiger partial charge in [-0.15, -0.1) is 0 Å². The van der Waals surface area contributed by atoms with Crippen LogP contribution in [-0.2, 0) is 0 Å². The number of piperazine rings is 1. The van der Waals surface area contributed by atoms with Crippen molar-refractivity contribution in [3.05, 3.63) is 73.2 Å². The van der Waals surface area contributed by atoms with Gasteiger partial charge in [-0.25, -0.2) is 14.6 Å². The van der Waals surface area contributed by atoms with Crippen LogP contribution in [-0.4, -0.2) is 45.9 Å². The Morgan fingerprint density at radius 2 is 1.30 bits per heavy atom. The fraction of sp³-hybridized carbons (Fsp3) is 0.190. The van der Waals surface area contributed by atoms with E-state index in [1.54, 1.807) is 6.33 Å². The van der Waals surface area contributed by atoms with E-state index in [1.807, 2.05) is 41.2 Å². The second-order valence-corrected chi connectivity index (χ2v) is 6.64. The molecule has 0 aliphatic carbocycles. The normalized spacial score (nSPS) is 14.7. The molecule has 0 bridgehead atoms. The molecular weight excluding hydrogens is 336 g/mol. The molecule has 2 aromatic heterocycles. The van der Waals surface area contributed by atoms with Crippen molar-refractivity contribution in [3.63, 3.8) is 0 Å². The van der Waals surface area contributed by atoms with Crippen LogP contribution in [0.3, 0.4) is 0 Å². The quantitative estimate of drug-likeness (QED) is 0.564. The molecule has 3 heterocycles. The summed E-state index contributed by atoms with van der Waals surface area (Å²) in [5.41, 5.74) is 3.13. The van der Waals surface area contributed by atoms with E-state index in [9.17, 15) is 0 Å². The lowest BCUT2D eigenvalue weighted by Gasteiger charge is -2.36. The topological polar surface area (TPSA) is 50.1 Å². The van der Waals surface area contributed by atoms with Crippen LogP contribution in [0.1, 0.15) is 0 Å². The standard InChI is InChI=1S/C21H20N6/c1-3-7-17(8-4-1)25-11-13-26(14-12-25)20-19-15-24-27(21(19)23-16-22-20)18-9-5-2-6-10-18/h1-10,15-16H,11-14H2. The van der Waals surface area contributed by atoms with Crippen LogP contribution in [0.4, 0.5) is 11.5 Å². The van der Waals surface area contributed by atoms with Crippen molar-refractivity contribution in [3.8, 4) is 5.69 Å². The molecule has 6 heteroatoms. The lowest BCUT2D eigenvalue weighted by atomic mass is 10.2. The fourth-order valence-electron chi connectivity index (χ4n) is 3.66. The molecule has 2 aromatic carbocycles. The molecule has 0 unspecified atom stereocenters. The van der Waals surface area contributed by atoms with Gasteiger partial charge in [0.2, 0.25) is 0 Å². The molecule has 0 saturated carbocycles. The lowest BCUT2D eigenvalue weighted by Crippen LogP contribution is -2.46. The molecule has 6 nitrogen and oxygen atoms in total. The van der Waals surface area contributed by atoms with Crippen LogP contribution in [0, 0.1) is 0 Å². The Morgan fingerprint density at radius 3 is 2.00 bits per heavy atom. The van der Waals surface area contributed by atoms with Gasteiger partial charge in [0, 0.05) is 31.9 Å². The summed E-state index contributed by atoms with van der Waals surface area (Å²) < 4.78 is 1.88. The first-order valence-corrected chi connectivity index (χ1v) is 9.19. The predicted octanol–water partition coefficient (Wildman–Crippen LogP) is 3.14. The molecule has 4 aromatic rings. The number of para-hydroxylation sites is 2. The van der Waals surface area contributed by atoms with Crippen LogP contribution in [0.5, 0.6) is 0 Å². The monoisotopic (exact) mass is 356 g/mol. The van der Waals surface area contributed by atoms with Crippen LogP contribution in [0.15, 0.2) is 73.2 Å². The summed E-state index contributed by atoms with van der Waals surface area (Å²) in [6.07, 6.45) is 3.52. The number of nitrogens with zero attached hydrogens (tertiary/aromatic N) is 6. The van der Waals surface area contributed by atoms with E-state index in [2.05, 4.69) is 55.2 Å². The van der Waals surface area contributed by atoms with E-state index in [0.29, 0.717) is 0 Å². The maximum absolute atomic E-state index is 4.58. The van der Waals surface area contributed by atoms with Gasteiger partial charge in [-0.1, -0.05) is 36.4 Å². The van der Waals surface area contributed by atoms with Crippen LogP contribution >= 0.6 is 0 Å². The Morgan fingerprint density at radius 1 is 0.667 bits per heavy atom. The minimum atomic E-state index is 0.844. The summed E-state index contributed by atoms with van der Waals surface area (Å²) in [6, 6.07) is 20.7. The SMILES string of the molecule is c1ccc(N2CCN(c3ncnc4c3cnn4-c3ccccc3)CC2)cc1. The van der Waals surface area contributed by atoms with Crippen LogP contribution < -0.4 is 9.80 Å². The number of fused-ring (bicyclic) bond motifs is 1. The van der Waals surface area contributed by atoms with Crippen molar-refractivity contribution < 1.29 is 0 Å². The first kappa shape index (κ1) is 15.8. The van der Waals surface area contributed by atoms with Gasteiger partial charge in [-0.2, -0.15) is 5.10 Å². The number of hydrogen-bond acceptors (Lipinski definition) is 5. The Balaban J connectivity index is 1.42. The largest absolute Gasteiger partial charge is 0.368 e. The van der Waals surface area contributed by atoms with Gasteiger partial charge in [0.25, 0.3) is 0 Å². The highest BCUT2D eigenvalue weighted by Crippen LogP contribution is 2.26. The fourth-order valence-corrected chi connectivity index (χ4v) is 3.66. The van der Waals surface area contributed by atoms with Crippen molar-refractivity contribution in [2.75, 3.05) is 36.0 Å². The Labute approximate surface area is 157 Å². The lowest BCUT2D eigenvalue weighted by molar-refractivity contribution is 0.649. The molecule has 0 N–H and O–H groups in total. The molecule has 0 spiro atoms. The average Bonchev–Trinajstić information content (AvgIpc) is 3.19. The van der Waals surface area contributed by atoms with Crippen molar-refractivity contribution in [2.45, 2.75) is 0 Å². The van der Waals surface area contributed by atoms with E-state index in [0.717, 1.165) is 48.7 Å². The smallest absolute Gasteiger partial charge is 0.168 e. The molecule has 1 aliphatic heterocycles. The second kappa shape index (κ2) is 6.72. The van der Waals surface area contributed by atoms with Crippen LogP contribution in [0.2, 0.25) is 0 Å². The van der Waals surface area contributed by atoms with Gasteiger partial charge in [-0.05, 0) is 24.3 Å². The van der Waals surface area contributed by atoms with E-state index >= 15 is 0 Å². The van der Waals surface area contributed by atoms with Crippen LogP contribution in [0.25, 0.3) is 16.7 Å². The van der Waals surface area contributed by atoms with E-state index in [-0.39, 0.29) is 0 Å². The van der Waals surface area contributed by atoms with Crippen molar-refractivity contribution in [1.29, 1.82) is 0 Å². The average molecular weight is 356 g/mol. The number of benzene rings is 2. The summed E-state index contributed by atoms with van der Waals surface area (Å²) in [7, 11) is 0. The highest BCUT2D eigenvalue weighted by molar-refractivity contribution is 5.87. The third kappa shape index (κ3) is 2.89. The minimum Gasteiger partial charge on any atom is -0.368 e. The number of aromatic nitrogens is 4. The highest BCUT2D eigenvalue weighted by atomic mass is 15.3. The molecule has 1 fully saturated rings. The summed E-state index contributed by atoms with van der Waals surface area (Å²) in [5.74, 6) is 0.967. The molecule has 0 radical (unpaired) electrons. The summed E-state index contributed by atoms with van der Waals surface area (Å²) in [6.45, 7) is 3.81. The molecule has 0 amide bonds. The van der Waals surface area contributed by atoms with Gasteiger partial charge >= 0.3 is 0 Å². The van der Waals surface area contributed by atoms with Gasteiger partial charge < -0.3 is 9.80 Å². The zero-order chi connectivity index (χ0) is 18.1. The maximum Gasteiger partial charge on any atom is 0.168 e. The first-order chi connectivity index (χ1) is 13.4. The first-order valence-electron chi connectivity index (χ1n) is 9.19. The van der Waals surface area contributed by atoms with Gasteiger partial charge in [0.1, 0.15) is 12.1 Å². The summed E-state index contributed by atoms with van der Waals surface area (Å²) in [4.78, 5) is 13.8. The zero-order valence-electron chi connectivity index (χ0n) is 14.9. The molecule has 1 aliphatic rings. The predicted molar refractivity (Wildman–Crippen MR) is 108 cm³/mol. The maximum atomic E-state index is 4.58. The number of rotatable bonds is 3.